The van der Waals surface area contributed by atoms with E-state index in [1.807, 2.05) is 18.2 Å². The van der Waals surface area contributed by atoms with Crippen molar-refractivity contribution in [2.45, 2.75) is 19.8 Å². The van der Waals surface area contributed by atoms with Crippen molar-refractivity contribution >= 4 is 23.6 Å². The molecule has 1 heterocycles. The van der Waals surface area contributed by atoms with E-state index < -0.39 is 0 Å². The number of esters is 1. The first-order chi connectivity index (χ1) is 8.70. The maximum absolute atomic E-state index is 11.3. The highest BCUT2D eigenvalue weighted by atomic mass is 16.5. The Morgan fingerprint density at radius 1 is 1.44 bits per heavy atom. The van der Waals surface area contributed by atoms with Crippen LogP contribution >= 0.6 is 0 Å². The van der Waals surface area contributed by atoms with Crippen LogP contribution in [-0.2, 0) is 20.7 Å². The molecular weight excluding hydrogens is 230 g/mol. The minimum Gasteiger partial charge on any atom is -0.463 e. The van der Waals surface area contributed by atoms with E-state index in [1.54, 1.807) is 13.0 Å². The van der Waals surface area contributed by atoms with Gasteiger partial charge in [0.05, 0.1) is 6.61 Å². The van der Waals surface area contributed by atoms with E-state index in [0.717, 1.165) is 16.8 Å². The van der Waals surface area contributed by atoms with Crippen LogP contribution in [0.3, 0.4) is 0 Å². The Kier molecular flexibility index (Phi) is 3.77. The van der Waals surface area contributed by atoms with Crippen LogP contribution < -0.4 is 5.32 Å². The summed E-state index contributed by atoms with van der Waals surface area (Å²) in [4.78, 5) is 22.5. The summed E-state index contributed by atoms with van der Waals surface area (Å²) in [6, 6.07) is 5.65. The highest BCUT2D eigenvalue weighted by molar-refractivity contribution is 5.95. The molecule has 0 unspecified atom stereocenters. The molecule has 4 heteroatoms. The van der Waals surface area contributed by atoms with Crippen molar-refractivity contribution in [1.29, 1.82) is 0 Å². The number of nitrogens with one attached hydrogen (secondary N) is 1. The van der Waals surface area contributed by atoms with E-state index in [0.29, 0.717) is 19.4 Å². The molecule has 0 spiro atoms. The molecule has 0 saturated carbocycles. The Hall–Kier alpha value is -2.10. The molecule has 0 aliphatic carbocycles. The number of amides is 1. The van der Waals surface area contributed by atoms with Crippen LogP contribution in [0.4, 0.5) is 5.69 Å². The average Bonchev–Trinajstić information content (AvgIpc) is 2.36. The molecule has 18 heavy (non-hydrogen) atoms. The van der Waals surface area contributed by atoms with Crippen LogP contribution in [-0.4, -0.2) is 18.5 Å². The third-order valence-corrected chi connectivity index (χ3v) is 2.77. The van der Waals surface area contributed by atoms with Crippen molar-refractivity contribution in [3.05, 3.63) is 35.4 Å². The zero-order valence-electron chi connectivity index (χ0n) is 10.2. The lowest BCUT2D eigenvalue weighted by molar-refractivity contribution is -0.137. The van der Waals surface area contributed by atoms with Gasteiger partial charge in [0.1, 0.15) is 0 Å². The summed E-state index contributed by atoms with van der Waals surface area (Å²) in [5.41, 5.74) is 2.84. The number of hydrogen-bond donors (Lipinski definition) is 1. The molecule has 2 rings (SSSR count). The predicted octanol–water partition coefficient (Wildman–Crippen LogP) is 2.15. The Balaban J connectivity index is 2.22. The molecule has 1 aromatic carbocycles. The second-order valence-electron chi connectivity index (χ2n) is 4.01. The molecule has 1 aliphatic heterocycles. The van der Waals surface area contributed by atoms with Gasteiger partial charge in [-0.25, -0.2) is 4.79 Å². The lowest BCUT2D eigenvalue weighted by atomic mass is 9.97. The van der Waals surface area contributed by atoms with E-state index in [2.05, 4.69) is 5.32 Å². The highest BCUT2D eigenvalue weighted by Gasteiger charge is 2.16. The van der Waals surface area contributed by atoms with Gasteiger partial charge in [-0.3, -0.25) is 4.79 Å². The standard InChI is InChI=1S/C14H15NO3/c1-2-18-14(17)9-6-10-4-3-5-12-11(10)7-8-13(16)15-12/h3-6,9H,2,7-8H2,1H3,(H,15,16)/b9-6+. The molecule has 94 valence electrons. The van der Waals surface area contributed by atoms with E-state index in [-0.39, 0.29) is 11.9 Å². The van der Waals surface area contributed by atoms with Crippen LogP contribution in [0.2, 0.25) is 0 Å². The molecule has 1 N–H and O–H groups in total. The van der Waals surface area contributed by atoms with E-state index in [1.165, 1.54) is 6.08 Å². The highest BCUT2D eigenvalue weighted by Crippen LogP contribution is 2.26. The lowest BCUT2D eigenvalue weighted by Crippen LogP contribution is -2.19. The number of fused-ring (bicyclic) bond motifs is 1. The van der Waals surface area contributed by atoms with Crippen LogP contribution in [0, 0.1) is 0 Å². The van der Waals surface area contributed by atoms with Gasteiger partial charge in [0.15, 0.2) is 0 Å². The lowest BCUT2D eigenvalue weighted by Gasteiger charge is -2.18. The fourth-order valence-corrected chi connectivity index (χ4v) is 1.96. The molecule has 0 radical (unpaired) electrons. The molecule has 4 nitrogen and oxygen atoms in total. The van der Waals surface area contributed by atoms with E-state index >= 15 is 0 Å². The fourth-order valence-electron chi connectivity index (χ4n) is 1.96. The van der Waals surface area contributed by atoms with Crippen LogP contribution in [0.1, 0.15) is 24.5 Å². The smallest absolute Gasteiger partial charge is 0.330 e. The summed E-state index contributed by atoms with van der Waals surface area (Å²) in [6.45, 7) is 2.14. The largest absolute Gasteiger partial charge is 0.463 e. The minimum absolute atomic E-state index is 0.0361. The van der Waals surface area contributed by atoms with Gasteiger partial charge in [0.2, 0.25) is 5.91 Å². The molecule has 0 atom stereocenters. The SMILES string of the molecule is CCOC(=O)/C=C/c1cccc2c1CCC(=O)N2. The molecule has 1 aromatic rings. The van der Waals surface area contributed by atoms with Gasteiger partial charge in [-0.1, -0.05) is 12.1 Å². The summed E-state index contributed by atoms with van der Waals surface area (Å²) in [7, 11) is 0. The van der Waals surface area contributed by atoms with E-state index in [9.17, 15) is 9.59 Å². The van der Waals surface area contributed by atoms with Crippen molar-refractivity contribution in [1.82, 2.24) is 0 Å². The number of rotatable bonds is 3. The van der Waals surface area contributed by atoms with Gasteiger partial charge in [-0.2, -0.15) is 0 Å². The minimum atomic E-state index is -0.352. The first-order valence-electron chi connectivity index (χ1n) is 5.97. The number of ether oxygens (including phenoxy) is 1. The quantitative estimate of drug-likeness (QED) is 0.655. The van der Waals surface area contributed by atoms with Gasteiger partial charge in [-0.05, 0) is 36.6 Å². The van der Waals surface area contributed by atoms with Crippen molar-refractivity contribution < 1.29 is 14.3 Å². The first-order valence-corrected chi connectivity index (χ1v) is 5.97. The summed E-state index contributed by atoms with van der Waals surface area (Å²) in [5, 5.41) is 2.82. The zero-order valence-corrected chi connectivity index (χ0v) is 10.2. The maximum Gasteiger partial charge on any atom is 0.330 e. The Labute approximate surface area is 106 Å². The van der Waals surface area contributed by atoms with E-state index in [4.69, 9.17) is 4.74 Å². The Morgan fingerprint density at radius 2 is 2.28 bits per heavy atom. The second kappa shape index (κ2) is 5.49. The maximum atomic E-state index is 11.3. The number of carbonyl (C=O) groups excluding carboxylic acids is 2. The monoisotopic (exact) mass is 245 g/mol. The summed E-state index contributed by atoms with van der Waals surface area (Å²) in [6.07, 6.45) is 4.33. The first kappa shape index (κ1) is 12.4. The predicted molar refractivity (Wildman–Crippen MR) is 69.1 cm³/mol. The van der Waals surface area contributed by atoms with Gasteiger partial charge < -0.3 is 10.1 Å². The van der Waals surface area contributed by atoms with Crippen LogP contribution in [0.25, 0.3) is 6.08 Å². The van der Waals surface area contributed by atoms with Gasteiger partial charge >= 0.3 is 5.97 Å². The molecule has 0 fully saturated rings. The Morgan fingerprint density at radius 3 is 3.06 bits per heavy atom. The molecule has 1 aliphatic rings. The average molecular weight is 245 g/mol. The Bertz CT molecular complexity index is 506. The molecular formula is C14H15NO3. The fraction of sp³-hybridized carbons (Fsp3) is 0.286. The number of anilines is 1. The normalized spacial score (nSPS) is 14.2. The number of hydrogen-bond acceptors (Lipinski definition) is 3. The van der Waals surface area contributed by atoms with Crippen LogP contribution in [0.5, 0.6) is 0 Å². The zero-order chi connectivity index (χ0) is 13.0. The topological polar surface area (TPSA) is 55.4 Å². The summed E-state index contributed by atoms with van der Waals surface area (Å²) < 4.78 is 4.83. The van der Waals surface area contributed by atoms with Gasteiger partial charge in [0.25, 0.3) is 0 Å². The molecule has 0 bridgehead atoms. The van der Waals surface area contributed by atoms with Gasteiger partial charge in [0, 0.05) is 18.2 Å². The van der Waals surface area contributed by atoms with Crippen molar-refractivity contribution in [3.8, 4) is 0 Å². The number of benzene rings is 1. The van der Waals surface area contributed by atoms with Crippen molar-refractivity contribution in [3.63, 3.8) is 0 Å². The third kappa shape index (κ3) is 2.77. The van der Waals surface area contributed by atoms with Crippen molar-refractivity contribution in [2.24, 2.45) is 0 Å². The third-order valence-electron chi connectivity index (χ3n) is 2.77. The number of carbonyl (C=O) groups is 2. The van der Waals surface area contributed by atoms with Gasteiger partial charge in [-0.15, -0.1) is 0 Å². The summed E-state index contributed by atoms with van der Waals surface area (Å²) >= 11 is 0. The summed E-state index contributed by atoms with van der Waals surface area (Å²) in [5.74, 6) is -0.316. The molecule has 0 aromatic heterocycles. The molecule has 1 amide bonds. The molecule has 0 saturated heterocycles. The van der Waals surface area contributed by atoms with Crippen molar-refractivity contribution in [2.75, 3.05) is 11.9 Å². The van der Waals surface area contributed by atoms with Crippen LogP contribution in [0.15, 0.2) is 24.3 Å². The second-order valence-corrected chi connectivity index (χ2v) is 4.01.